The van der Waals surface area contributed by atoms with Gasteiger partial charge in [0.15, 0.2) is 0 Å². The van der Waals surface area contributed by atoms with Crippen LogP contribution in [-0.2, 0) is 0 Å². The zero-order chi connectivity index (χ0) is 5.86. The standard InChI is InChI=1S/C5H11O2/c1-4(3-6)5(2)7/h3-7H,1-2H3. The molecule has 0 aromatic rings. The third kappa shape index (κ3) is 2.60. The maximum atomic E-state index is 8.63. The van der Waals surface area contributed by atoms with Crippen LogP contribution in [0.25, 0.3) is 0 Å². The maximum absolute atomic E-state index is 8.63. The lowest BCUT2D eigenvalue weighted by Gasteiger charge is -2.08. The van der Waals surface area contributed by atoms with E-state index in [2.05, 4.69) is 0 Å². The first-order valence-electron chi connectivity index (χ1n) is 2.34. The van der Waals surface area contributed by atoms with Crippen molar-refractivity contribution in [2.24, 2.45) is 5.92 Å². The second kappa shape index (κ2) is 2.99. The van der Waals surface area contributed by atoms with Crippen molar-refractivity contribution in [3.63, 3.8) is 0 Å². The Morgan fingerprint density at radius 1 is 1.43 bits per heavy atom. The van der Waals surface area contributed by atoms with Gasteiger partial charge in [0.2, 0.25) is 0 Å². The summed E-state index contributed by atoms with van der Waals surface area (Å²) in [7, 11) is 0. The Labute approximate surface area is 43.8 Å². The Morgan fingerprint density at radius 2 is 1.86 bits per heavy atom. The highest BCUT2D eigenvalue weighted by Crippen LogP contribution is 2.01. The second-order valence-electron chi connectivity index (χ2n) is 1.75. The number of hydrogen-bond acceptors (Lipinski definition) is 2. The van der Waals surface area contributed by atoms with Crippen molar-refractivity contribution in [1.29, 1.82) is 0 Å². The van der Waals surface area contributed by atoms with E-state index < -0.39 is 6.10 Å². The minimum Gasteiger partial charge on any atom is -0.393 e. The van der Waals surface area contributed by atoms with Crippen LogP contribution in [-0.4, -0.2) is 16.3 Å². The predicted octanol–water partition coefficient (Wildman–Crippen LogP) is 0.538. The van der Waals surface area contributed by atoms with Gasteiger partial charge in [-0.2, -0.15) is 0 Å². The molecule has 0 saturated carbocycles. The van der Waals surface area contributed by atoms with E-state index in [4.69, 9.17) is 10.2 Å². The van der Waals surface area contributed by atoms with Gasteiger partial charge in [0, 0.05) is 5.92 Å². The molecule has 0 rings (SSSR count). The first-order chi connectivity index (χ1) is 3.18. The van der Waals surface area contributed by atoms with Gasteiger partial charge in [-0.25, -0.2) is 0 Å². The number of aliphatic hydroxyl groups excluding tert-OH is 2. The van der Waals surface area contributed by atoms with Gasteiger partial charge in [0.05, 0.1) is 12.7 Å². The molecular weight excluding hydrogens is 92.1 g/mol. The fraction of sp³-hybridized carbons (Fsp3) is 0.800. The van der Waals surface area contributed by atoms with Crippen molar-refractivity contribution >= 4 is 0 Å². The molecule has 0 aliphatic heterocycles. The van der Waals surface area contributed by atoms with Gasteiger partial charge in [-0.15, -0.1) is 0 Å². The average Bonchev–Trinajstić information content (AvgIpc) is 1.65. The molecule has 2 atom stereocenters. The van der Waals surface area contributed by atoms with E-state index >= 15 is 0 Å². The van der Waals surface area contributed by atoms with Gasteiger partial charge in [-0.05, 0) is 6.92 Å². The van der Waals surface area contributed by atoms with Crippen LogP contribution in [0.5, 0.6) is 0 Å². The normalized spacial score (nSPS) is 18.9. The van der Waals surface area contributed by atoms with Crippen molar-refractivity contribution in [3.8, 4) is 0 Å². The Bertz CT molecular complexity index is 43.3. The molecule has 0 amide bonds. The largest absolute Gasteiger partial charge is 0.393 e. The van der Waals surface area contributed by atoms with Crippen LogP contribution >= 0.6 is 0 Å². The molecule has 0 bridgehead atoms. The number of rotatable bonds is 2. The van der Waals surface area contributed by atoms with Gasteiger partial charge in [0.1, 0.15) is 0 Å². The summed E-state index contributed by atoms with van der Waals surface area (Å²) < 4.78 is 0. The van der Waals surface area contributed by atoms with Crippen LogP contribution in [0, 0.1) is 12.5 Å². The molecule has 2 heteroatoms. The summed E-state index contributed by atoms with van der Waals surface area (Å²) in [6, 6.07) is 0. The molecule has 0 heterocycles. The molecule has 0 fully saturated rings. The monoisotopic (exact) mass is 103 g/mol. The zero-order valence-electron chi connectivity index (χ0n) is 4.63. The third-order valence-electron chi connectivity index (χ3n) is 0.996. The smallest absolute Gasteiger partial charge is 0.0852 e. The summed E-state index contributed by atoms with van der Waals surface area (Å²) in [4.78, 5) is 0. The fourth-order valence-electron chi connectivity index (χ4n) is 0.125. The van der Waals surface area contributed by atoms with Crippen LogP contribution in [0.2, 0.25) is 0 Å². The summed E-state index contributed by atoms with van der Waals surface area (Å²) >= 11 is 0. The lowest BCUT2D eigenvalue weighted by Crippen LogP contribution is -2.12. The van der Waals surface area contributed by atoms with E-state index in [1.54, 1.807) is 13.8 Å². The molecule has 0 aromatic heterocycles. The van der Waals surface area contributed by atoms with Crippen molar-refractivity contribution in [2.45, 2.75) is 20.0 Å². The van der Waals surface area contributed by atoms with E-state index in [0.717, 1.165) is 6.61 Å². The van der Waals surface area contributed by atoms with Crippen LogP contribution < -0.4 is 0 Å². The minimum atomic E-state index is -0.440. The molecule has 1 radical (unpaired) electrons. The fourth-order valence-corrected chi connectivity index (χ4v) is 0.125. The van der Waals surface area contributed by atoms with Crippen molar-refractivity contribution in [1.82, 2.24) is 0 Å². The Kier molecular flexibility index (Phi) is 2.96. The number of hydrogen-bond donors (Lipinski definition) is 2. The van der Waals surface area contributed by atoms with E-state index in [-0.39, 0.29) is 5.92 Å². The lowest BCUT2D eigenvalue weighted by atomic mass is 10.1. The molecule has 0 aromatic carbocycles. The van der Waals surface area contributed by atoms with Crippen LogP contribution in [0.3, 0.4) is 0 Å². The summed E-state index contributed by atoms with van der Waals surface area (Å²) in [6.07, 6.45) is -0.440. The molecule has 2 nitrogen and oxygen atoms in total. The van der Waals surface area contributed by atoms with Gasteiger partial charge in [0.25, 0.3) is 0 Å². The molecule has 2 unspecified atom stereocenters. The molecule has 0 aliphatic carbocycles. The SMILES string of the molecule is CC(O)C(C)[CH]O. The predicted molar refractivity (Wildman–Crippen MR) is 27.1 cm³/mol. The molecule has 2 N–H and O–H groups in total. The number of aliphatic hydroxyl groups is 2. The first kappa shape index (κ1) is 6.92. The highest BCUT2D eigenvalue weighted by Gasteiger charge is 2.05. The molecular formula is C5H11O2. The Hall–Kier alpha value is -0.0800. The van der Waals surface area contributed by atoms with Gasteiger partial charge in [-0.3, -0.25) is 0 Å². The second-order valence-corrected chi connectivity index (χ2v) is 1.75. The van der Waals surface area contributed by atoms with Crippen molar-refractivity contribution < 1.29 is 10.2 Å². The van der Waals surface area contributed by atoms with Gasteiger partial charge < -0.3 is 10.2 Å². The highest BCUT2D eigenvalue weighted by atomic mass is 16.3. The maximum Gasteiger partial charge on any atom is 0.0852 e. The topological polar surface area (TPSA) is 40.5 Å². The summed E-state index contributed by atoms with van der Waals surface area (Å²) in [5, 5.41) is 16.8. The Morgan fingerprint density at radius 3 is 1.86 bits per heavy atom. The summed E-state index contributed by atoms with van der Waals surface area (Å²) in [5.74, 6) is -0.111. The first-order valence-corrected chi connectivity index (χ1v) is 2.34. The van der Waals surface area contributed by atoms with Crippen molar-refractivity contribution in [3.05, 3.63) is 6.61 Å². The molecule has 0 aliphatic rings. The van der Waals surface area contributed by atoms with E-state index in [1.807, 2.05) is 0 Å². The van der Waals surface area contributed by atoms with Crippen LogP contribution in [0.15, 0.2) is 0 Å². The van der Waals surface area contributed by atoms with Gasteiger partial charge >= 0.3 is 0 Å². The van der Waals surface area contributed by atoms with Crippen molar-refractivity contribution in [2.75, 3.05) is 0 Å². The quantitative estimate of drug-likeness (QED) is 0.535. The van der Waals surface area contributed by atoms with E-state index in [9.17, 15) is 0 Å². The molecule has 7 heavy (non-hydrogen) atoms. The third-order valence-corrected chi connectivity index (χ3v) is 0.996. The minimum absolute atomic E-state index is 0.111. The van der Waals surface area contributed by atoms with Crippen LogP contribution in [0.1, 0.15) is 13.8 Å². The van der Waals surface area contributed by atoms with Gasteiger partial charge in [-0.1, -0.05) is 6.92 Å². The zero-order valence-corrected chi connectivity index (χ0v) is 4.63. The lowest BCUT2D eigenvalue weighted by molar-refractivity contribution is 0.122. The highest BCUT2D eigenvalue weighted by molar-refractivity contribution is 4.64. The molecule has 0 spiro atoms. The molecule has 0 saturated heterocycles. The van der Waals surface area contributed by atoms with E-state index in [1.165, 1.54) is 0 Å². The van der Waals surface area contributed by atoms with Crippen LogP contribution in [0.4, 0.5) is 0 Å². The summed E-state index contributed by atoms with van der Waals surface area (Å²) in [6.45, 7) is 4.37. The molecule has 43 valence electrons. The average molecular weight is 103 g/mol. The Balaban J connectivity index is 3.14. The summed E-state index contributed by atoms with van der Waals surface area (Å²) in [5.41, 5.74) is 0. The van der Waals surface area contributed by atoms with E-state index in [0.29, 0.717) is 0 Å².